The lowest BCUT2D eigenvalue weighted by Gasteiger charge is -2.34. The number of aryl methyl sites for hydroxylation is 2. The van der Waals surface area contributed by atoms with Crippen molar-refractivity contribution in [2.75, 3.05) is 18.0 Å². The number of hydrogen-bond acceptors (Lipinski definition) is 6. The number of anilines is 1. The van der Waals surface area contributed by atoms with Crippen LogP contribution < -0.4 is 10.2 Å². The van der Waals surface area contributed by atoms with E-state index in [9.17, 15) is 4.79 Å². The van der Waals surface area contributed by atoms with Gasteiger partial charge in [0.1, 0.15) is 0 Å². The summed E-state index contributed by atoms with van der Waals surface area (Å²) in [5, 5.41) is 20.7. The molecule has 1 aliphatic rings. The first-order chi connectivity index (χ1) is 16.5. The Morgan fingerprint density at radius 3 is 2.53 bits per heavy atom. The van der Waals surface area contributed by atoms with Crippen LogP contribution in [0.25, 0.3) is 11.5 Å². The number of hydrogen-bond donors (Lipinski definition) is 1. The molecule has 34 heavy (non-hydrogen) atoms. The summed E-state index contributed by atoms with van der Waals surface area (Å²) in [6.45, 7) is 7.80. The summed E-state index contributed by atoms with van der Waals surface area (Å²) in [7, 11) is 0. The Labute approximate surface area is 198 Å². The molecule has 1 saturated heterocycles. The van der Waals surface area contributed by atoms with Gasteiger partial charge in [0.05, 0.1) is 5.69 Å². The zero-order valence-electron chi connectivity index (χ0n) is 19.9. The number of amides is 1. The van der Waals surface area contributed by atoms with E-state index in [2.05, 4.69) is 49.8 Å². The number of benzene rings is 1. The molecule has 0 radical (unpaired) electrons. The topological polar surface area (TPSA) is 93.2 Å². The molecule has 1 fully saturated rings. The molecule has 1 amide bonds. The third-order valence-corrected chi connectivity index (χ3v) is 6.65. The van der Waals surface area contributed by atoms with Crippen LogP contribution in [0.4, 0.5) is 5.69 Å². The Hall–Kier alpha value is -3.75. The molecule has 1 aromatic carbocycles. The smallest absolute Gasteiger partial charge is 0.220 e. The predicted molar refractivity (Wildman–Crippen MR) is 130 cm³/mol. The van der Waals surface area contributed by atoms with Crippen molar-refractivity contribution >= 4 is 17.2 Å². The molecular weight excluding hydrogens is 428 g/mol. The summed E-state index contributed by atoms with van der Waals surface area (Å²) in [4.78, 5) is 15.1. The highest BCUT2D eigenvalue weighted by Gasteiger charge is 2.21. The maximum atomic E-state index is 12.7. The van der Waals surface area contributed by atoms with Gasteiger partial charge in [-0.15, -0.1) is 15.3 Å². The highest BCUT2D eigenvalue weighted by molar-refractivity contribution is 5.76. The molecule has 4 heterocycles. The van der Waals surface area contributed by atoms with E-state index in [1.165, 1.54) is 5.69 Å². The molecule has 0 bridgehead atoms. The second-order valence-corrected chi connectivity index (χ2v) is 8.93. The highest BCUT2D eigenvalue weighted by Crippen LogP contribution is 2.21. The molecule has 9 heteroatoms. The molecule has 0 atom stereocenters. The van der Waals surface area contributed by atoms with E-state index in [4.69, 9.17) is 5.10 Å². The molecule has 5 rings (SSSR count). The van der Waals surface area contributed by atoms with Gasteiger partial charge in [-0.1, -0.05) is 18.2 Å². The molecular formula is C25H30N8O. The monoisotopic (exact) mass is 458 g/mol. The van der Waals surface area contributed by atoms with E-state index in [1.54, 1.807) is 4.52 Å². The lowest BCUT2D eigenvalue weighted by molar-refractivity contribution is -0.121. The van der Waals surface area contributed by atoms with Gasteiger partial charge in [0.2, 0.25) is 5.91 Å². The van der Waals surface area contributed by atoms with Crippen molar-refractivity contribution < 1.29 is 4.79 Å². The van der Waals surface area contributed by atoms with E-state index in [0.717, 1.165) is 48.7 Å². The fraction of sp³-hybridized carbons (Fsp3) is 0.400. The molecule has 0 aliphatic carbocycles. The Morgan fingerprint density at radius 1 is 1.00 bits per heavy atom. The summed E-state index contributed by atoms with van der Waals surface area (Å²) < 4.78 is 3.54. The number of para-hydroxylation sites is 1. The zero-order valence-corrected chi connectivity index (χ0v) is 19.9. The number of rotatable bonds is 6. The summed E-state index contributed by atoms with van der Waals surface area (Å²) in [6.07, 6.45) is 3.03. The minimum absolute atomic E-state index is 0.101. The average Bonchev–Trinajstić information content (AvgIpc) is 3.37. The normalized spacial score (nSPS) is 14.6. The van der Waals surface area contributed by atoms with Gasteiger partial charge in [0.25, 0.3) is 0 Å². The third-order valence-electron chi connectivity index (χ3n) is 6.65. The molecule has 3 aromatic heterocycles. The zero-order chi connectivity index (χ0) is 23.7. The van der Waals surface area contributed by atoms with E-state index in [-0.39, 0.29) is 11.9 Å². The maximum absolute atomic E-state index is 12.7. The van der Waals surface area contributed by atoms with Crippen molar-refractivity contribution in [3.8, 4) is 5.82 Å². The molecule has 0 saturated carbocycles. The molecule has 0 unspecified atom stereocenters. The molecule has 9 nitrogen and oxygen atoms in total. The molecule has 1 N–H and O–H groups in total. The molecule has 1 aliphatic heterocycles. The summed E-state index contributed by atoms with van der Waals surface area (Å²) in [6, 6.07) is 14.5. The summed E-state index contributed by atoms with van der Waals surface area (Å²) in [5.41, 5.74) is 4.97. The van der Waals surface area contributed by atoms with Gasteiger partial charge in [-0.25, -0.2) is 4.68 Å². The first-order valence-corrected chi connectivity index (χ1v) is 11.8. The number of piperidine rings is 1. The minimum atomic E-state index is 0.101. The Morgan fingerprint density at radius 2 is 1.76 bits per heavy atom. The summed E-state index contributed by atoms with van der Waals surface area (Å²) in [5.74, 6) is 1.53. The van der Waals surface area contributed by atoms with E-state index in [1.807, 2.05) is 43.7 Å². The SMILES string of the molecule is Cc1nn(-c2ccc3nnc(C)n3n2)c(C)c1CCC(=O)NC1CCN(c2ccccc2)CC1. The van der Waals surface area contributed by atoms with E-state index >= 15 is 0 Å². The molecule has 0 spiro atoms. The van der Waals surface area contributed by atoms with Crippen LogP contribution in [0.5, 0.6) is 0 Å². The van der Waals surface area contributed by atoms with Gasteiger partial charge in [-0.3, -0.25) is 4.79 Å². The van der Waals surface area contributed by atoms with Crippen LogP contribution >= 0.6 is 0 Å². The number of carbonyl (C=O) groups excluding carboxylic acids is 1. The van der Waals surface area contributed by atoms with Crippen molar-refractivity contribution in [1.82, 2.24) is 34.9 Å². The van der Waals surface area contributed by atoms with Gasteiger partial charge in [-0.2, -0.15) is 9.61 Å². The van der Waals surface area contributed by atoms with Gasteiger partial charge in [0, 0.05) is 36.9 Å². The van der Waals surface area contributed by atoms with Crippen molar-refractivity contribution in [2.24, 2.45) is 0 Å². The molecule has 176 valence electrons. The maximum Gasteiger partial charge on any atom is 0.220 e. The Balaban J connectivity index is 1.19. The standard InChI is InChI=1S/C25H30N8O/c1-17-22(18(2)32(29-17)24-11-10-23-28-27-19(3)33(23)30-24)9-12-25(34)26-20-13-15-31(16-14-20)21-7-5-4-6-8-21/h4-8,10-11,20H,9,12-16H2,1-3H3,(H,26,34). The molecule has 4 aromatic rings. The quantitative estimate of drug-likeness (QED) is 0.478. The number of aromatic nitrogens is 6. The van der Waals surface area contributed by atoms with Crippen LogP contribution in [-0.2, 0) is 11.2 Å². The highest BCUT2D eigenvalue weighted by atomic mass is 16.1. The van der Waals surface area contributed by atoms with Crippen LogP contribution in [0, 0.1) is 20.8 Å². The number of carbonyl (C=O) groups is 1. The van der Waals surface area contributed by atoms with Crippen LogP contribution in [0.2, 0.25) is 0 Å². The largest absolute Gasteiger partial charge is 0.371 e. The number of nitrogens with one attached hydrogen (secondary N) is 1. The van der Waals surface area contributed by atoms with E-state index < -0.39 is 0 Å². The second-order valence-electron chi connectivity index (χ2n) is 8.93. The second kappa shape index (κ2) is 9.24. The average molecular weight is 459 g/mol. The van der Waals surface area contributed by atoms with Crippen molar-refractivity contribution in [3.63, 3.8) is 0 Å². The fourth-order valence-electron chi connectivity index (χ4n) is 4.72. The number of nitrogens with zero attached hydrogens (tertiary/aromatic N) is 7. The lowest BCUT2D eigenvalue weighted by Crippen LogP contribution is -2.44. The first-order valence-electron chi connectivity index (χ1n) is 11.8. The van der Waals surface area contributed by atoms with Gasteiger partial charge in [0.15, 0.2) is 17.3 Å². The van der Waals surface area contributed by atoms with Crippen molar-refractivity contribution in [2.45, 2.75) is 52.5 Å². The lowest BCUT2D eigenvalue weighted by atomic mass is 10.0. The Kier molecular flexibility index (Phi) is 6.00. The Bertz CT molecular complexity index is 1300. The van der Waals surface area contributed by atoms with Gasteiger partial charge >= 0.3 is 0 Å². The van der Waals surface area contributed by atoms with Crippen LogP contribution in [0.15, 0.2) is 42.5 Å². The van der Waals surface area contributed by atoms with Crippen molar-refractivity contribution in [3.05, 3.63) is 65.2 Å². The first kappa shape index (κ1) is 22.1. The van der Waals surface area contributed by atoms with Crippen LogP contribution in [0.3, 0.4) is 0 Å². The number of fused-ring (bicyclic) bond motifs is 1. The predicted octanol–water partition coefficient (Wildman–Crippen LogP) is 2.95. The van der Waals surface area contributed by atoms with Crippen LogP contribution in [0.1, 0.15) is 42.0 Å². The van der Waals surface area contributed by atoms with Crippen LogP contribution in [-0.4, -0.2) is 54.6 Å². The van der Waals surface area contributed by atoms with E-state index in [0.29, 0.717) is 24.3 Å². The van der Waals surface area contributed by atoms with Gasteiger partial charge in [-0.05, 0) is 69.9 Å². The summed E-state index contributed by atoms with van der Waals surface area (Å²) >= 11 is 0. The minimum Gasteiger partial charge on any atom is -0.371 e. The van der Waals surface area contributed by atoms with Crippen molar-refractivity contribution in [1.29, 1.82) is 0 Å². The third kappa shape index (κ3) is 4.37. The van der Waals surface area contributed by atoms with Gasteiger partial charge < -0.3 is 10.2 Å². The fourth-order valence-corrected chi connectivity index (χ4v) is 4.72.